The van der Waals surface area contributed by atoms with Crippen LogP contribution in [0.4, 0.5) is 5.82 Å². The number of aromatic nitrogens is 4. The van der Waals surface area contributed by atoms with Gasteiger partial charge in [-0.3, -0.25) is 4.52 Å². The molecule has 1 unspecified atom stereocenters. The van der Waals surface area contributed by atoms with Crippen molar-refractivity contribution in [2.75, 3.05) is 30.7 Å². The largest absolute Gasteiger partial charge is 0.497 e. The number of ether oxygens (including phenoxy) is 3. The van der Waals surface area contributed by atoms with Crippen LogP contribution >= 0.6 is 29.2 Å². The van der Waals surface area contributed by atoms with Crippen molar-refractivity contribution in [2.45, 2.75) is 38.4 Å². The van der Waals surface area contributed by atoms with Crippen molar-refractivity contribution in [1.29, 1.82) is 0 Å². The van der Waals surface area contributed by atoms with E-state index in [0.717, 1.165) is 5.56 Å². The van der Waals surface area contributed by atoms with Crippen LogP contribution in [0.5, 0.6) is 11.5 Å². The minimum atomic E-state index is -3.80. The van der Waals surface area contributed by atoms with Crippen LogP contribution in [0.2, 0.25) is 0 Å². The second-order valence-corrected chi connectivity index (χ2v) is 13.8. The Morgan fingerprint density at radius 1 is 1.02 bits per heavy atom. The molecular formula is C27H32N5O6PS2. The Labute approximate surface area is 246 Å². The topological polar surface area (TPSA) is 133 Å². The highest BCUT2D eigenvalue weighted by Crippen LogP contribution is 2.52. The number of rotatable bonds is 13. The summed E-state index contributed by atoms with van der Waals surface area (Å²) in [6, 6.07) is 16.8. The highest BCUT2D eigenvalue weighted by Gasteiger charge is 2.38. The Bertz CT molecular complexity index is 1460. The number of imidazole rings is 1. The Morgan fingerprint density at radius 2 is 1.76 bits per heavy atom. The van der Waals surface area contributed by atoms with E-state index >= 15 is 0 Å². The third-order valence-corrected chi connectivity index (χ3v) is 10.2. The lowest BCUT2D eigenvalue weighted by Gasteiger charge is -2.33. The summed E-state index contributed by atoms with van der Waals surface area (Å²) in [7, 11) is 1.14. The first-order chi connectivity index (χ1) is 19.9. The fourth-order valence-corrected chi connectivity index (χ4v) is 8.34. The average Bonchev–Trinajstić information content (AvgIpc) is 3.40. The van der Waals surface area contributed by atoms with Crippen molar-refractivity contribution in [3.8, 4) is 11.5 Å². The molecule has 0 spiro atoms. The summed E-state index contributed by atoms with van der Waals surface area (Å²) in [5, 5.41) is 0. The molecule has 3 heterocycles. The minimum absolute atomic E-state index is 0.260. The molecule has 5 rings (SSSR count). The summed E-state index contributed by atoms with van der Waals surface area (Å²) in [5.74, 6) is 2.64. The average molecular weight is 618 g/mol. The summed E-state index contributed by atoms with van der Waals surface area (Å²) < 4.78 is 45.9. The van der Waals surface area contributed by atoms with Gasteiger partial charge >= 0.3 is 7.60 Å². The molecular weight excluding hydrogens is 585 g/mol. The number of hydrogen-bond acceptors (Lipinski definition) is 12. The fraction of sp³-hybridized carbons (Fsp3) is 0.370. The second-order valence-electron chi connectivity index (χ2n) is 9.36. The van der Waals surface area contributed by atoms with Gasteiger partial charge in [-0.05, 0) is 36.8 Å². The third-order valence-electron chi connectivity index (χ3n) is 6.27. The first-order valence-corrected chi connectivity index (χ1v) is 17.2. The van der Waals surface area contributed by atoms with Gasteiger partial charge in [-0.1, -0.05) is 51.9 Å². The number of nitrogens with zero attached hydrogens (tertiary/aromatic N) is 4. The van der Waals surface area contributed by atoms with E-state index in [0.29, 0.717) is 53.1 Å². The number of benzene rings is 2. The van der Waals surface area contributed by atoms with Gasteiger partial charge in [0.05, 0.1) is 38.8 Å². The molecule has 4 atom stereocenters. The lowest BCUT2D eigenvalue weighted by Crippen LogP contribution is -2.38. The standard InChI is InChI=1S/C27H32N5O6PS2/c1-19(12-32-17-31-25-26(28)29-16-30-27(25)32)36-18-39(33,37-22-10-8-21(34-2)9-11-22)38-24-15-41-40-14-23(24)35-13-20-6-4-3-5-7-20/h3-11,16-17,19,23-24H,12-15,18H2,1-2H3,(H2,28,29,30)/t19-,23+,24+,39?/m1/s1. The lowest BCUT2D eigenvalue weighted by atomic mass is 10.2. The van der Waals surface area contributed by atoms with Gasteiger partial charge in [0.25, 0.3) is 0 Å². The van der Waals surface area contributed by atoms with Gasteiger partial charge in [-0.2, -0.15) is 0 Å². The van der Waals surface area contributed by atoms with Crippen molar-refractivity contribution in [3.05, 3.63) is 72.8 Å². The first-order valence-electron chi connectivity index (χ1n) is 13.0. The van der Waals surface area contributed by atoms with Crippen LogP contribution in [0.3, 0.4) is 0 Å². The molecule has 2 aromatic heterocycles. The quantitative estimate of drug-likeness (QED) is 0.152. The lowest BCUT2D eigenvalue weighted by molar-refractivity contribution is -0.0192. The van der Waals surface area contributed by atoms with Crippen molar-refractivity contribution < 1.29 is 27.8 Å². The van der Waals surface area contributed by atoms with Crippen molar-refractivity contribution in [1.82, 2.24) is 19.5 Å². The Hall–Kier alpha value is -2.80. The Morgan fingerprint density at radius 3 is 2.51 bits per heavy atom. The molecule has 4 aromatic rings. The number of fused-ring (bicyclic) bond motifs is 1. The third kappa shape index (κ3) is 7.94. The summed E-state index contributed by atoms with van der Waals surface area (Å²) in [4.78, 5) is 12.6. The number of nitrogens with two attached hydrogens (primary N) is 1. The van der Waals surface area contributed by atoms with Crippen molar-refractivity contribution >= 4 is 46.2 Å². The van der Waals surface area contributed by atoms with E-state index in [2.05, 4.69) is 15.0 Å². The van der Waals surface area contributed by atoms with E-state index < -0.39 is 13.7 Å². The molecule has 1 fully saturated rings. The SMILES string of the molecule is COc1ccc(OP(=O)(CO[C@H](C)Cn2cnc3c(N)ncnc32)O[C@H]2CSSC[C@@H]2OCc2ccccc2)cc1. The van der Waals surface area contributed by atoms with Gasteiger partial charge in [0.15, 0.2) is 17.8 Å². The molecule has 14 heteroatoms. The molecule has 41 heavy (non-hydrogen) atoms. The van der Waals surface area contributed by atoms with E-state index in [-0.39, 0.29) is 18.6 Å². The number of nitrogen functional groups attached to an aromatic ring is 1. The highest BCUT2D eigenvalue weighted by atomic mass is 33.1. The minimum Gasteiger partial charge on any atom is -0.497 e. The van der Waals surface area contributed by atoms with Crippen LogP contribution in [0.15, 0.2) is 67.3 Å². The zero-order valence-corrected chi connectivity index (χ0v) is 25.2. The molecule has 0 amide bonds. The first kappa shape index (κ1) is 29.7. The number of hydrogen-bond donors (Lipinski definition) is 1. The number of anilines is 1. The maximum absolute atomic E-state index is 14.3. The molecule has 1 aliphatic rings. The molecule has 0 saturated carbocycles. The van der Waals surface area contributed by atoms with E-state index in [9.17, 15) is 4.57 Å². The summed E-state index contributed by atoms with van der Waals surface area (Å²) in [5.41, 5.74) is 8.09. The number of methoxy groups -OCH3 is 1. The maximum Gasteiger partial charge on any atom is 0.405 e. The van der Waals surface area contributed by atoms with Crippen molar-refractivity contribution in [2.24, 2.45) is 0 Å². The molecule has 0 bridgehead atoms. The van der Waals surface area contributed by atoms with Gasteiger partial charge in [0.1, 0.15) is 29.4 Å². The molecule has 11 nitrogen and oxygen atoms in total. The molecule has 1 saturated heterocycles. The van der Waals surface area contributed by atoms with Gasteiger partial charge in [-0.25, -0.2) is 19.5 Å². The molecule has 1 aliphatic heterocycles. The normalized spacial score (nSPS) is 19.5. The highest BCUT2D eigenvalue weighted by molar-refractivity contribution is 8.76. The molecule has 218 valence electrons. The van der Waals surface area contributed by atoms with Crippen LogP contribution < -0.4 is 15.0 Å². The van der Waals surface area contributed by atoms with E-state index in [1.165, 1.54) is 6.33 Å². The molecule has 0 aliphatic carbocycles. The second kappa shape index (κ2) is 13.9. The Balaban J connectivity index is 1.29. The molecule has 0 radical (unpaired) electrons. The van der Waals surface area contributed by atoms with E-state index in [1.54, 1.807) is 59.3 Å². The van der Waals surface area contributed by atoms with Crippen LogP contribution in [0.25, 0.3) is 11.2 Å². The van der Waals surface area contributed by atoms with Gasteiger partial charge in [-0.15, -0.1) is 0 Å². The summed E-state index contributed by atoms with van der Waals surface area (Å²) in [6.45, 7) is 2.70. The van der Waals surface area contributed by atoms with Gasteiger partial charge in [0, 0.05) is 11.5 Å². The smallest absolute Gasteiger partial charge is 0.405 e. The molecule has 2 N–H and O–H groups in total. The predicted molar refractivity (Wildman–Crippen MR) is 161 cm³/mol. The van der Waals surface area contributed by atoms with Crippen LogP contribution in [0.1, 0.15) is 12.5 Å². The zero-order chi connectivity index (χ0) is 28.7. The monoisotopic (exact) mass is 617 g/mol. The summed E-state index contributed by atoms with van der Waals surface area (Å²) in [6.07, 6.45) is 1.66. The van der Waals surface area contributed by atoms with Crippen LogP contribution in [-0.2, 0) is 31.7 Å². The van der Waals surface area contributed by atoms with Crippen LogP contribution in [-0.4, -0.2) is 62.8 Å². The maximum atomic E-state index is 14.3. The predicted octanol–water partition coefficient (Wildman–Crippen LogP) is 5.42. The van der Waals surface area contributed by atoms with Crippen molar-refractivity contribution in [3.63, 3.8) is 0 Å². The fourth-order valence-electron chi connectivity index (χ4n) is 4.14. The Kier molecular flexibility index (Phi) is 10.1. The van der Waals surface area contributed by atoms with E-state index in [4.69, 9.17) is 29.0 Å². The summed E-state index contributed by atoms with van der Waals surface area (Å²) >= 11 is 0. The van der Waals surface area contributed by atoms with E-state index in [1.807, 2.05) is 41.8 Å². The molecule has 2 aromatic carbocycles. The van der Waals surface area contributed by atoms with Gasteiger partial charge in [0.2, 0.25) is 0 Å². The van der Waals surface area contributed by atoms with Crippen LogP contribution in [0, 0.1) is 0 Å². The zero-order valence-electron chi connectivity index (χ0n) is 22.7. The van der Waals surface area contributed by atoms with Gasteiger partial charge < -0.3 is 29.0 Å².